The summed E-state index contributed by atoms with van der Waals surface area (Å²) in [5, 5.41) is 3.97. The van der Waals surface area contributed by atoms with Crippen LogP contribution >= 0.6 is 11.3 Å². The summed E-state index contributed by atoms with van der Waals surface area (Å²) >= 11 is 1.58. The molecule has 0 unspecified atom stereocenters. The number of nitrogens with zero attached hydrogens (tertiary/aromatic N) is 2. The summed E-state index contributed by atoms with van der Waals surface area (Å²) in [6, 6.07) is 3.40. The van der Waals surface area contributed by atoms with Crippen molar-refractivity contribution in [1.29, 1.82) is 0 Å². The first-order valence-corrected chi connectivity index (χ1v) is 9.61. The van der Waals surface area contributed by atoms with Gasteiger partial charge in [-0.3, -0.25) is 9.59 Å². The first-order chi connectivity index (χ1) is 11.7. The van der Waals surface area contributed by atoms with Gasteiger partial charge < -0.3 is 9.88 Å². The molecule has 2 aromatic rings. The molecule has 6 heteroatoms. The Bertz CT molecular complexity index is 780. The van der Waals surface area contributed by atoms with Crippen LogP contribution < -0.4 is 5.56 Å². The molecule has 5 nitrogen and oxygen atoms in total. The third kappa shape index (κ3) is 2.90. The van der Waals surface area contributed by atoms with Crippen LogP contribution in [0.2, 0.25) is 0 Å². The number of thiophene rings is 1. The monoisotopic (exact) mass is 343 g/mol. The number of nitrogens with one attached hydrogen (secondary N) is 1. The highest BCUT2D eigenvalue weighted by Gasteiger charge is 2.36. The van der Waals surface area contributed by atoms with E-state index in [0.29, 0.717) is 11.5 Å². The smallest absolute Gasteiger partial charge is 0.251 e. The zero-order valence-corrected chi connectivity index (χ0v) is 14.3. The predicted octanol–water partition coefficient (Wildman–Crippen LogP) is 3.35. The molecular weight excluding hydrogens is 322 g/mol. The quantitative estimate of drug-likeness (QED) is 0.929. The molecule has 1 N–H and O–H groups in total. The minimum Gasteiger partial charge on any atom is -0.332 e. The molecule has 2 aliphatic rings. The van der Waals surface area contributed by atoms with Crippen LogP contribution in [0.1, 0.15) is 50.4 Å². The Balaban J connectivity index is 1.67. The van der Waals surface area contributed by atoms with Gasteiger partial charge >= 0.3 is 0 Å². The van der Waals surface area contributed by atoms with Gasteiger partial charge in [-0.2, -0.15) is 11.3 Å². The molecule has 2 aromatic heterocycles. The van der Waals surface area contributed by atoms with Crippen molar-refractivity contribution in [3.8, 4) is 11.3 Å². The Morgan fingerprint density at radius 2 is 2.12 bits per heavy atom. The van der Waals surface area contributed by atoms with Gasteiger partial charge in [0.25, 0.3) is 5.56 Å². The summed E-state index contributed by atoms with van der Waals surface area (Å²) in [5.41, 5.74) is 1.50. The Hall–Kier alpha value is -1.95. The normalized spacial score (nSPS) is 21.5. The van der Waals surface area contributed by atoms with Crippen molar-refractivity contribution in [2.45, 2.75) is 44.6 Å². The topological polar surface area (TPSA) is 66.1 Å². The zero-order valence-electron chi connectivity index (χ0n) is 13.5. The largest absolute Gasteiger partial charge is 0.332 e. The number of hydrogen-bond donors (Lipinski definition) is 1. The Kier molecular flexibility index (Phi) is 4.22. The van der Waals surface area contributed by atoms with E-state index in [1.54, 1.807) is 11.3 Å². The van der Waals surface area contributed by atoms with Gasteiger partial charge in [0.15, 0.2) is 0 Å². The lowest BCUT2D eigenvalue weighted by Crippen LogP contribution is -2.44. The average Bonchev–Trinajstić information content (AvgIpc) is 3.07. The van der Waals surface area contributed by atoms with E-state index in [1.807, 2.05) is 21.7 Å². The van der Waals surface area contributed by atoms with Gasteiger partial charge in [0.1, 0.15) is 5.82 Å². The van der Waals surface area contributed by atoms with Crippen molar-refractivity contribution < 1.29 is 4.79 Å². The number of H-pyrrole nitrogens is 1. The first kappa shape index (κ1) is 15.6. The molecule has 24 heavy (non-hydrogen) atoms. The molecule has 1 aliphatic heterocycles. The lowest BCUT2D eigenvalue weighted by atomic mass is 9.83. The molecule has 0 bridgehead atoms. The van der Waals surface area contributed by atoms with Gasteiger partial charge in [-0.15, -0.1) is 0 Å². The van der Waals surface area contributed by atoms with E-state index in [-0.39, 0.29) is 23.4 Å². The summed E-state index contributed by atoms with van der Waals surface area (Å²) in [6.07, 6.45) is 6.11. The van der Waals surface area contributed by atoms with Gasteiger partial charge in [-0.1, -0.05) is 6.42 Å². The number of amides is 1. The van der Waals surface area contributed by atoms with Crippen LogP contribution in [0.3, 0.4) is 0 Å². The van der Waals surface area contributed by atoms with Crippen molar-refractivity contribution >= 4 is 17.2 Å². The van der Waals surface area contributed by atoms with E-state index in [4.69, 9.17) is 4.98 Å². The molecular formula is C18H21N3O2S. The van der Waals surface area contributed by atoms with E-state index in [1.165, 1.54) is 6.07 Å². The highest BCUT2D eigenvalue weighted by atomic mass is 32.1. The fourth-order valence-electron chi connectivity index (χ4n) is 3.56. The van der Waals surface area contributed by atoms with E-state index in [0.717, 1.165) is 50.6 Å². The maximum Gasteiger partial charge on any atom is 0.251 e. The highest BCUT2D eigenvalue weighted by Crippen LogP contribution is 2.35. The minimum atomic E-state index is -0.150. The minimum absolute atomic E-state index is 0.0989. The van der Waals surface area contributed by atoms with Crippen LogP contribution in [0, 0.1) is 5.92 Å². The Morgan fingerprint density at radius 1 is 1.25 bits per heavy atom. The fraction of sp³-hybridized carbons (Fsp3) is 0.500. The van der Waals surface area contributed by atoms with Crippen LogP contribution in [-0.4, -0.2) is 27.3 Å². The number of hydrogen-bond acceptors (Lipinski definition) is 4. The standard InChI is InChI=1S/C18H21N3O2S/c22-16-10-14(13-7-9-24-11-13)19-17(20-16)15-6-1-2-8-21(15)18(23)12-4-3-5-12/h7,9-12,15H,1-6,8H2,(H,19,20,22)/t15-/m1/s1. The zero-order chi connectivity index (χ0) is 16.5. The van der Waals surface area contributed by atoms with Crippen molar-refractivity contribution in [3.63, 3.8) is 0 Å². The van der Waals surface area contributed by atoms with Crippen molar-refractivity contribution in [2.24, 2.45) is 5.92 Å². The van der Waals surface area contributed by atoms with E-state index < -0.39 is 0 Å². The number of likely N-dealkylation sites (tertiary alicyclic amines) is 1. The van der Waals surface area contributed by atoms with Gasteiger partial charge in [0, 0.05) is 29.5 Å². The second-order valence-electron chi connectivity index (χ2n) is 6.70. The molecule has 1 saturated heterocycles. The van der Waals surface area contributed by atoms with Gasteiger partial charge in [-0.25, -0.2) is 4.98 Å². The third-order valence-electron chi connectivity index (χ3n) is 5.13. The molecule has 1 saturated carbocycles. The van der Waals surface area contributed by atoms with Crippen molar-refractivity contribution in [2.75, 3.05) is 6.54 Å². The molecule has 0 radical (unpaired) electrons. The second kappa shape index (κ2) is 6.51. The number of carbonyl (C=O) groups is 1. The average molecular weight is 343 g/mol. The lowest BCUT2D eigenvalue weighted by molar-refractivity contribution is -0.142. The second-order valence-corrected chi connectivity index (χ2v) is 7.48. The van der Waals surface area contributed by atoms with Crippen molar-refractivity contribution in [1.82, 2.24) is 14.9 Å². The SMILES string of the molecule is O=C(C1CCC1)N1CCCC[C@@H]1c1nc(-c2ccsc2)cc(=O)[nH]1. The first-order valence-electron chi connectivity index (χ1n) is 8.67. The van der Waals surface area contributed by atoms with Gasteiger partial charge in [-0.05, 0) is 43.6 Å². The van der Waals surface area contributed by atoms with Crippen LogP contribution in [0.25, 0.3) is 11.3 Å². The maximum absolute atomic E-state index is 12.8. The number of aromatic amines is 1. The molecule has 0 spiro atoms. The van der Waals surface area contributed by atoms with Crippen LogP contribution in [0.5, 0.6) is 0 Å². The van der Waals surface area contributed by atoms with Crippen LogP contribution in [0.15, 0.2) is 27.7 Å². The highest BCUT2D eigenvalue weighted by molar-refractivity contribution is 7.08. The third-order valence-corrected chi connectivity index (χ3v) is 5.82. The molecule has 3 heterocycles. The van der Waals surface area contributed by atoms with E-state index in [2.05, 4.69) is 4.98 Å². The predicted molar refractivity (Wildman–Crippen MR) is 93.8 cm³/mol. The molecule has 0 aromatic carbocycles. The molecule has 1 atom stereocenters. The summed E-state index contributed by atoms with van der Waals surface area (Å²) in [7, 11) is 0. The summed E-state index contributed by atoms with van der Waals surface area (Å²) in [6.45, 7) is 0.770. The Labute approximate surface area is 144 Å². The van der Waals surface area contributed by atoms with Crippen LogP contribution in [0.4, 0.5) is 0 Å². The number of carbonyl (C=O) groups excluding carboxylic acids is 1. The van der Waals surface area contributed by atoms with E-state index in [9.17, 15) is 9.59 Å². The summed E-state index contributed by atoms with van der Waals surface area (Å²) in [4.78, 5) is 34.4. The fourth-order valence-corrected chi connectivity index (χ4v) is 4.21. The lowest BCUT2D eigenvalue weighted by Gasteiger charge is -2.39. The van der Waals surface area contributed by atoms with Crippen molar-refractivity contribution in [3.05, 3.63) is 39.1 Å². The molecule has 2 fully saturated rings. The van der Waals surface area contributed by atoms with Gasteiger partial charge in [0.05, 0.1) is 11.7 Å². The molecule has 126 valence electrons. The van der Waals surface area contributed by atoms with E-state index >= 15 is 0 Å². The molecule has 1 amide bonds. The molecule has 4 rings (SSSR count). The Morgan fingerprint density at radius 3 is 2.83 bits per heavy atom. The maximum atomic E-state index is 12.8. The number of rotatable bonds is 3. The summed E-state index contributed by atoms with van der Waals surface area (Å²) < 4.78 is 0. The number of aromatic nitrogens is 2. The summed E-state index contributed by atoms with van der Waals surface area (Å²) in [5.74, 6) is 1.06. The van der Waals surface area contributed by atoms with Gasteiger partial charge in [0.2, 0.25) is 5.91 Å². The number of piperidine rings is 1. The van der Waals surface area contributed by atoms with Crippen LogP contribution in [-0.2, 0) is 4.79 Å². The molecule has 1 aliphatic carbocycles.